The monoisotopic (exact) mass is 207 g/mol. The van der Waals surface area contributed by atoms with E-state index in [4.69, 9.17) is 11.6 Å². The molecule has 0 amide bonds. The van der Waals surface area contributed by atoms with Crippen LogP contribution in [0.25, 0.3) is 10.9 Å². The molecule has 74 valence electrons. The second kappa shape index (κ2) is 3.66. The zero-order valence-corrected chi connectivity index (χ0v) is 9.25. The lowest BCUT2D eigenvalue weighted by molar-refractivity contribution is 0.548. The van der Waals surface area contributed by atoms with Gasteiger partial charge in [-0.05, 0) is 31.5 Å². The second-order valence-electron chi connectivity index (χ2n) is 3.65. The molecule has 2 heteroatoms. The maximum Gasteiger partial charge on any atom is 0.0499 e. The van der Waals surface area contributed by atoms with Crippen molar-refractivity contribution in [3.8, 4) is 0 Å². The molecule has 1 atom stereocenters. The van der Waals surface area contributed by atoms with Crippen LogP contribution in [0.2, 0.25) is 5.02 Å². The van der Waals surface area contributed by atoms with Gasteiger partial charge in [-0.15, -0.1) is 0 Å². The predicted octanol–water partition coefficient (Wildman–Crippen LogP) is 4.27. The lowest BCUT2D eigenvalue weighted by Gasteiger charge is -2.12. The maximum absolute atomic E-state index is 6.10. The van der Waals surface area contributed by atoms with Gasteiger partial charge >= 0.3 is 0 Å². The number of hydrogen-bond acceptors (Lipinski definition) is 0. The van der Waals surface area contributed by atoms with Gasteiger partial charge in [0, 0.05) is 28.2 Å². The Morgan fingerprint density at radius 2 is 2.14 bits per heavy atom. The summed E-state index contributed by atoms with van der Waals surface area (Å²) in [4.78, 5) is 0. The highest BCUT2D eigenvalue weighted by atomic mass is 35.5. The Morgan fingerprint density at radius 3 is 2.86 bits per heavy atom. The van der Waals surface area contributed by atoms with Crippen molar-refractivity contribution >= 4 is 22.5 Å². The summed E-state index contributed by atoms with van der Waals surface area (Å²) in [7, 11) is 0. The Kier molecular flexibility index (Phi) is 2.51. The molecule has 1 unspecified atom stereocenters. The van der Waals surface area contributed by atoms with Crippen molar-refractivity contribution in [3.05, 3.63) is 35.5 Å². The fourth-order valence-electron chi connectivity index (χ4n) is 1.73. The van der Waals surface area contributed by atoms with Crippen LogP contribution >= 0.6 is 11.6 Å². The van der Waals surface area contributed by atoms with E-state index in [0.29, 0.717) is 6.04 Å². The molecule has 0 radical (unpaired) electrons. The minimum absolute atomic E-state index is 0.533. The van der Waals surface area contributed by atoms with Crippen LogP contribution < -0.4 is 0 Å². The molecule has 0 saturated heterocycles. The lowest BCUT2D eigenvalue weighted by atomic mass is 10.2. The average molecular weight is 208 g/mol. The molecular weight excluding hydrogens is 194 g/mol. The summed E-state index contributed by atoms with van der Waals surface area (Å²) in [6, 6.07) is 8.68. The van der Waals surface area contributed by atoms with E-state index in [1.807, 2.05) is 12.1 Å². The maximum atomic E-state index is 6.10. The highest BCUT2D eigenvalue weighted by molar-refractivity contribution is 6.35. The topological polar surface area (TPSA) is 4.93 Å². The third-order valence-electron chi connectivity index (χ3n) is 2.78. The molecule has 0 aliphatic heterocycles. The SMILES string of the molecule is CCC(C)n1ccc2c(Cl)cccc21. The van der Waals surface area contributed by atoms with Gasteiger partial charge in [0.15, 0.2) is 0 Å². The molecule has 14 heavy (non-hydrogen) atoms. The Morgan fingerprint density at radius 1 is 1.36 bits per heavy atom. The summed E-state index contributed by atoms with van der Waals surface area (Å²) in [6.07, 6.45) is 3.25. The Hall–Kier alpha value is -0.950. The molecular formula is C12H14ClN. The predicted molar refractivity (Wildman–Crippen MR) is 62.0 cm³/mol. The summed E-state index contributed by atoms with van der Waals surface area (Å²) in [5.74, 6) is 0. The van der Waals surface area contributed by atoms with Crippen molar-refractivity contribution < 1.29 is 0 Å². The molecule has 0 aliphatic rings. The van der Waals surface area contributed by atoms with Gasteiger partial charge in [-0.1, -0.05) is 24.6 Å². The van der Waals surface area contributed by atoms with Crippen LogP contribution in [-0.4, -0.2) is 4.57 Å². The number of hydrogen-bond donors (Lipinski definition) is 0. The molecule has 0 bridgehead atoms. The number of halogens is 1. The highest BCUT2D eigenvalue weighted by Gasteiger charge is 2.07. The van der Waals surface area contributed by atoms with Crippen molar-refractivity contribution in [2.24, 2.45) is 0 Å². The van der Waals surface area contributed by atoms with E-state index in [2.05, 4.69) is 36.7 Å². The van der Waals surface area contributed by atoms with Gasteiger partial charge < -0.3 is 4.57 Å². The summed E-state index contributed by atoms with van der Waals surface area (Å²) in [5.41, 5.74) is 1.23. The normalized spacial score (nSPS) is 13.4. The van der Waals surface area contributed by atoms with Gasteiger partial charge in [0.1, 0.15) is 0 Å². The Labute approximate surface area is 89.3 Å². The van der Waals surface area contributed by atoms with Crippen LogP contribution in [0.3, 0.4) is 0 Å². The molecule has 0 N–H and O–H groups in total. The minimum Gasteiger partial charge on any atom is -0.345 e. The Balaban J connectivity index is 2.63. The summed E-state index contributed by atoms with van der Waals surface area (Å²) < 4.78 is 2.28. The first-order valence-electron chi connectivity index (χ1n) is 4.99. The third-order valence-corrected chi connectivity index (χ3v) is 3.11. The first-order chi connectivity index (χ1) is 6.74. The van der Waals surface area contributed by atoms with Gasteiger partial charge in [0.05, 0.1) is 0 Å². The van der Waals surface area contributed by atoms with Gasteiger partial charge in [0.25, 0.3) is 0 Å². The fraction of sp³-hybridized carbons (Fsp3) is 0.333. The van der Waals surface area contributed by atoms with Gasteiger partial charge in [-0.25, -0.2) is 0 Å². The number of fused-ring (bicyclic) bond motifs is 1. The smallest absolute Gasteiger partial charge is 0.0499 e. The average Bonchev–Trinajstić information content (AvgIpc) is 2.62. The summed E-state index contributed by atoms with van der Waals surface area (Å²) in [5, 5.41) is 1.99. The molecule has 0 saturated carbocycles. The van der Waals surface area contributed by atoms with Crippen molar-refractivity contribution in [1.82, 2.24) is 4.57 Å². The number of rotatable bonds is 2. The quantitative estimate of drug-likeness (QED) is 0.693. The van der Waals surface area contributed by atoms with E-state index < -0.39 is 0 Å². The molecule has 0 aliphatic carbocycles. The van der Waals surface area contributed by atoms with E-state index in [1.54, 1.807) is 0 Å². The second-order valence-corrected chi connectivity index (χ2v) is 4.06. The van der Waals surface area contributed by atoms with Gasteiger partial charge in [-0.3, -0.25) is 0 Å². The standard InChI is InChI=1S/C12H14ClN/c1-3-9(2)14-8-7-10-11(13)5-4-6-12(10)14/h4-9H,3H2,1-2H3. The van der Waals surface area contributed by atoms with E-state index in [1.165, 1.54) is 5.52 Å². The number of aromatic nitrogens is 1. The lowest BCUT2D eigenvalue weighted by Crippen LogP contribution is -2.01. The zero-order valence-electron chi connectivity index (χ0n) is 8.50. The van der Waals surface area contributed by atoms with Crippen LogP contribution in [-0.2, 0) is 0 Å². The van der Waals surface area contributed by atoms with Crippen molar-refractivity contribution in [2.75, 3.05) is 0 Å². The van der Waals surface area contributed by atoms with Crippen LogP contribution in [0.15, 0.2) is 30.5 Å². The molecule has 1 aromatic heterocycles. The summed E-state index contributed by atoms with van der Waals surface area (Å²) in [6.45, 7) is 4.42. The van der Waals surface area contributed by atoms with Crippen molar-refractivity contribution in [1.29, 1.82) is 0 Å². The molecule has 1 aromatic carbocycles. The van der Waals surface area contributed by atoms with Crippen LogP contribution in [0.4, 0.5) is 0 Å². The van der Waals surface area contributed by atoms with Gasteiger partial charge in [0.2, 0.25) is 0 Å². The molecule has 0 spiro atoms. The van der Waals surface area contributed by atoms with Crippen molar-refractivity contribution in [2.45, 2.75) is 26.3 Å². The number of nitrogens with zero attached hydrogens (tertiary/aromatic N) is 1. The number of benzene rings is 1. The zero-order chi connectivity index (χ0) is 10.1. The van der Waals surface area contributed by atoms with E-state index in [9.17, 15) is 0 Å². The van der Waals surface area contributed by atoms with E-state index in [0.717, 1.165) is 16.8 Å². The van der Waals surface area contributed by atoms with E-state index in [-0.39, 0.29) is 0 Å². The molecule has 1 heterocycles. The highest BCUT2D eigenvalue weighted by Crippen LogP contribution is 2.27. The van der Waals surface area contributed by atoms with Crippen molar-refractivity contribution in [3.63, 3.8) is 0 Å². The molecule has 2 rings (SSSR count). The first-order valence-corrected chi connectivity index (χ1v) is 5.37. The van der Waals surface area contributed by atoms with Gasteiger partial charge in [-0.2, -0.15) is 0 Å². The minimum atomic E-state index is 0.533. The van der Waals surface area contributed by atoms with Crippen LogP contribution in [0, 0.1) is 0 Å². The Bertz CT molecular complexity index is 445. The van der Waals surface area contributed by atoms with Crippen LogP contribution in [0.1, 0.15) is 26.3 Å². The summed E-state index contributed by atoms with van der Waals surface area (Å²) >= 11 is 6.10. The van der Waals surface area contributed by atoms with E-state index >= 15 is 0 Å². The first kappa shape index (κ1) is 9.60. The fourth-order valence-corrected chi connectivity index (χ4v) is 1.96. The molecule has 2 aromatic rings. The largest absolute Gasteiger partial charge is 0.345 e. The van der Waals surface area contributed by atoms with Crippen LogP contribution in [0.5, 0.6) is 0 Å². The molecule has 0 fully saturated rings. The third kappa shape index (κ3) is 1.42. The molecule has 1 nitrogen and oxygen atoms in total.